The quantitative estimate of drug-likeness (QED) is 0.703. The fourth-order valence-corrected chi connectivity index (χ4v) is 1.67. The van der Waals surface area contributed by atoms with E-state index in [0.29, 0.717) is 11.1 Å². The summed E-state index contributed by atoms with van der Waals surface area (Å²) < 4.78 is 19.1. The second-order valence-electron chi connectivity index (χ2n) is 3.47. The van der Waals surface area contributed by atoms with Crippen LogP contribution in [0.3, 0.4) is 0 Å². The molecule has 0 amide bonds. The van der Waals surface area contributed by atoms with Crippen molar-refractivity contribution in [3.05, 3.63) is 34.1 Å². The van der Waals surface area contributed by atoms with Crippen molar-refractivity contribution in [2.24, 2.45) is 0 Å². The van der Waals surface area contributed by atoms with Crippen molar-refractivity contribution in [2.45, 2.75) is 32.8 Å². The first-order valence-corrected chi connectivity index (χ1v) is 6.05. The van der Waals surface area contributed by atoms with Gasteiger partial charge in [-0.2, -0.15) is 0 Å². The molecule has 0 N–H and O–H groups in total. The Morgan fingerprint density at radius 1 is 1.33 bits per heavy atom. The number of rotatable bonds is 6. The molecule has 0 aromatic heterocycles. The van der Waals surface area contributed by atoms with Gasteiger partial charge in [0.2, 0.25) is 0 Å². The zero-order valence-electron chi connectivity index (χ0n) is 8.93. The number of halogens is 2. The van der Waals surface area contributed by atoms with Crippen LogP contribution in [0.25, 0.3) is 0 Å². The third-order valence-electron chi connectivity index (χ3n) is 2.18. The van der Waals surface area contributed by atoms with Gasteiger partial charge in [0.25, 0.3) is 0 Å². The van der Waals surface area contributed by atoms with Gasteiger partial charge in [0.15, 0.2) is 0 Å². The second-order valence-corrected chi connectivity index (χ2v) is 4.27. The van der Waals surface area contributed by atoms with Gasteiger partial charge >= 0.3 is 0 Å². The van der Waals surface area contributed by atoms with Crippen molar-refractivity contribution in [2.75, 3.05) is 6.61 Å². The number of ether oxygens (including phenoxy) is 1. The van der Waals surface area contributed by atoms with Crippen LogP contribution in [0.2, 0.25) is 0 Å². The van der Waals surface area contributed by atoms with Crippen molar-refractivity contribution in [1.29, 1.82) is 0 Å². The lowest BCUT2D eigenvalue weighted by atomic mass is 10.2. The summed E-state index contributed by atoms with van der Waals surface area (Å²) in [5, 5.41) is 0. The van der Waals surface area contributed by atoms with E-state index >= 15 is 0 Å². The van der Waals surface area contributed by atoms with Gasteiger partial charge < -0.3 is 4.74 Å². The monoisotopic (exact) mass is 274 g/mol. The fraction of sp³-hybridized carbons (Fsp3) is 0.500. The predicted molar refractivity (Wildman–Crippen MR) is 63.3 cm³/mol. The molecule has 0 unspecified atom stereocenters. The van der Waals surface area contributed by atoms with Crippen molar-refractivity contribution >= 4 is 15.9 Å². The van der Waals surface area contributed by atoms with Crippen LogP contribution in [0, 0.1) is 5.82 Å². The van der Waals surface area contributed by atoms with E-state index in [0.717, 1.165) is 18.6 Å². The van der Waals surface area contributed by atoms with Gasteiger partial charge in [0, 0.05) is 6.61 Å². The molecule has 0 heterocycles. The molecule has 3 heteroatoms. The first kappa shape index (κ1) is 12.7. The van der Waals surface area contributed by atoms with Gasteiger partial charge in [0.05, 0.1) is 11.1 Å². The molecule has 1 aromatic rings. The van der Waals surface area contributed by atoms with E-state index in [1.807, 2.05) is 6.07 Å². The summed E-state index contributed by atoms with van der Waals surface area (Å²) in [6.07, 6.45) is 3.45. The molecule has 1 nitrogen and oxygen atoms in total. The zero-order chi connectivity index (χ0) is 11.1. The molecule has 0 aliphatic carbocycles. The van der Waals surface area contributed by atoms with E-state index in [4.69, 9.17) is 4.74 Å². The summed E-state index contributed by atoms with van der Waals surface area (Å²) in [4.78, 5) is 0. The Balaban J connectivity index is 2.34. The first-order valence-electron chi connectivity index (χ1n) is 5.26. The van der Waals surface area contributed by atoms with Gasteiger partial charge in [0.1, 0.15) is 5.82 Å². The Hall–Kier alpha value is -0.410. The SMILES string of the molecule is CCCCCOCc1cccc(F)c1Br. The molecule has 15 heavy (non-hydrogen) atoms. The van der Waals surface area contributed by atoms with Gasteiger partial charge in [-0.05, 0) is 34.0 Å². The largest absolute Gasteiger partial charge is 0.377 e. The van der Waals surface area contributed by atoms with Crippen LogP contribution in [-0.2, 0) is 11.3 Å². The number of unbranched alkanes of at least 4 members (excludes halogenated alkanes) is 2. The van der Waals surface area contributed by atoms with Crippen LogP contribution >= 0.6 is 15.9 Å². The molecule has 0 spiro atoms. The molecule has 1 rings (SSSR count). The zero-order valence-corrected chi connectivity index (χ0v) is 10.5. The summed E-state index contributed by atoms with van der Waals surface area (Å²) >= 11 is 3.21. The lowest BCUT2D eigenvalue weighted by molar-refractivity contribution is 0.116. The Bertz CT molecular complexity index is 302. The molecule has 0 aliphatic heterocycles. The van der Waals surface area contributed by atoms with Crippen molar-refractivity contribution < 1.29 is 9.13 Å². The molecule has 0 saturated heterocycles. The highest BCUT2D eigenvalue weighted by molar-refractivity contribution is 9.10. The highest BCUT2D eigenvalue weighted by atomic mass is 79.9. The molecule has 0 atom stereocenters. The molecule has 84 valence electrons. The third kappa shape index (κ3) is 4.31. The number of benzene rings is 1. The van der Waals surface area contributed by atoms with E-state index in [2.05, 4.69) is 22.9 Å². The Labute approximate surface area is 98.8 Å². The van der Waals surface area contributed by atoms with Gasteiger partial charge in [-0.3, -0.25) is 0 Å². The van der Waals surface area contributed by atoms with E-state index in [9.17, 15) is 4.39 Å². The second kappa shape index (κ2) is 6.96. The topological polar surface area (TPSA) is 9.23 Å². The number of hydrogen-bond acceptors (Lipinski definition) is 1. The van der Waals surface area contributed by atoms with Gasteiger partial charge in [-0.1, -0.05) is 31.9 Å². The Morgan fingerprint density at radius 2 is 2.13 bits per heavy atom. The summed E-state index contributed by atoms with van der Waals surface area (Å²) in [6, 6.07) is 5.00. The highest BCUT2D eigenvalue weighted by Gasteiger charge is 2.04. The van der Waals surface area contributed by atoms with Gasteiger partial charge in [-0.15, -0.1) is 0 Å². The van der Waals surface area contributed by atoms with E-state index in [1.165, 1.54) is 18.9 Å². The van der Waals surface area contributed by atoms with Crippen molar-refractivity contribution in [3.63, 3.8) is 0 Å². The first-order chi connectivity index (χ1) is 7.25. The maximum absolute atomic E-state index is 13.1. The predicted octanol–water partition coefficient (Wildman–Crippen LogP) is 4.30. The molecular weight excluding hydrogens is 259 g/mol. The summed E-state index contributed by atoms with van der Waals surface area (Å²) in [5.41, 5.74) is 0.867. The van der Waals surface area contributed by atoms with Crippen LogP contribution in [0.5, 0.6) is 0 Å². The molecule has 0 bridgehead atoms. The average molecular weight is 275 g/mol. The van der Waals surface area contributed by atoms with E-state index in [1.54, 1.807) is 6.07 Å². The minimum Gasteiger partial charge on any atom is -0.377 e. The number of hydrogen-bond donors (Lipinski definition) is 0. The van der Waals surface area contributed by atoms with Crippen LogP contribution in [0.15, 0.2) is 22.7 Å². The lowest BCUT2D eigenvalue weighted by Gasteiger charge is -2.06. The van der Waals surface area contributed by atoms with Crippen LogP contribution < -0.4 is 0 Å². The smallest absolute Gasteiger partial charge is 0.137 e. The maximum Gasteiger partial charge on any atom is 0.137 e. The third-order valence-corrected chi connectivity index (χ3v) is 3.07. The molecule has 0 fully saturated rings. The fourth-order valence-electron chi connectivity index (χ4n) is 1.30. The van der Waals surface area contributed by atoms with E-state index < -0.39 is 0 Å². The van der Waals surface area contributed by atoms with E-state index in [-0.39, 0.29) is 5.82 Å². The Kier molecular flexibility index (Phi) is 5.88. The lowest BCUT2D eigenvalue weighted by Crippen LogP contribution is -1.97. The molecular formula is C12H16BrFO. The standard InChI is InChI=1S/C12H16BrFO/c1-2-3-4-8-15-9-10-6-5-7-11(14)12(10)13/h5-7H,2-4,8-9H2,1H3. The van der Waals surface area contributed by atoms with Crippen molar-refractivity contribution in [1.82, 2.24) is 0 Å². The molecule has 0 saturated carbocycles. The minimum atomic E-state index is -0.232. The average Bonchev–Trinajstić information content (AvgIpc) is 2.24. The van der Waals surface area contributed by atoms with Crippen molar-refractivity contribution in [3.8, 4) is 0 Å². The minimum absolute atomic E-state index is 0.232. The molecule has 1 aromatic carbocycles. The van der Waals surface area contributed by atoms with Crippen LogP contribution in [-0.4, -0.2) is 6.61 Å². The molecule has 0 aliphatic rings. The molecule has 0 radical (unpaired) electrons. The summed E-state index contributed by atoms with van der Waals surface area (Å²) in [7, 11) is 0. The van der Waals surface area contributed by atoms with Crippen LogP contribution in [0.1, 0.15) is 31.7 Å². The highest BCUT2D eigenvalue weighted by Crippen LogP contribution is 2.21. The van der Waals surface area contributed by atoms with Gasteiger partial charge in [-0.25, -0.2) is 4.39 Å². The normalized spacial score (nSPS) is 10.6. The summed E-state index contributed by atoms with van der Waals surface area (Å²) in [5.74, 6) is -0.232. The Morgan fingerprint density at radius 3 is 2.87 bits per heavy atom. The summed E-state index contributed by atoms with van der Waals surface area (Å²) in [6.45, 7) is 3.38. The maximum atomic E-state index is 13.1. The van der Waals surface area contributed by atoms with Crippen LogP contribution in [0.4, 0.5) is 4.39 Å².